The average Bonchev–Trinajstić information content (AvgIpc) is 2.35. The number of fused-ring (bicyclic) bond motifs is 1. The number of aromatic carboxylic acids is 1. The minimum Gasteiger partial charge on any atom is -0.478 e. The lowest BCUT2D eigenvalue weighted by Crippen LogP contribution is -2.42. The Balaban J connectivity index is 2.40. The maximum absolute atomic E-state index is 12.4. The molecule has 0 unspecified atom stereocenters. The predicted molar refractivity (Wildman–Crippen MR) is 75.9 cm³/mol. The maximum Gasteiger partial charge on any atom is 0.335 e. The second-order valence-electron chi connectivity index (χ2n) is 5.54. The van der Waals surface area contributed by atoms with Gasteiger partial charge in [0.15, 0.2) is 0 Å². The van der Waals surface area contributed by atoms with Gasteiger partial charge in [-0.3, -0.25) is 4.79 Å². The third-order valence-electron chi connectivity index (χ3n) is 2.96. The summed E-state index contributed by atoms with van der Waals surface area (Å²) in [6.07, 6.45) is 0. The molecule has 0 aliphatic carbocycles. The number of amides is 1. The highest BCUT2D eigenvalue weighted by Crippen LogP contribution is 2.37. The van der Waals surface area contributed by atoms with Gasteiger partial charge in [-0.2, -0.15) is 0 Å². The Morgan fingerprint density at radius 2 is 2.00 bits per heavy atom. The molecule has 0 bridgehead atoms. The number of carboxylic acid groups (broad SMARTS) is 1. The molecule has 0 radical (unpaired) electrons. The van der Waals surface area contributed by atoms with E-state index >= 15 is 0 Å². The fourth-order valence-corrected chi connectivity index (χ4v) is 3.00. The topological polar surface area (TPSA) is 57.6 Å². The highest BCUT2D eigenvalue weighted by atomic mass is 32.2. The third-order valence-corrected chi connectivity index (χ3v) is 3.98. The molecule has 5 heteroatoms. The molecule has 1 aromatic rings. The standard InChI is InChI=1S/C14H17NO3S/c1-14(2,3)13(18)15-6-7-19-11-8-9(12(16)17)4-5-10(11)15/h4-5,8H,6-7H2,1-3H3,(H,16,17). The van der Waals surface area contributed by atoms with E-state index in [0.717, 1.165) is 16.3 Å². The van der Waals surface area contributed by atoms with Crippen molar-refractivity contribution >= 4 is 29.3 Å². The van der Waals surface area contributed by atoms with Crippen LogP contribution in [0.15, 0.2) is 23.1 Å². The van der Waals surface area contributed by atoms with Gasteiger partial charge >= 0.3 is 5.97 Å². The van der Waals surface area contributed by atoms with Crippen molar-refractivity contribution in [3.05, 3.63) is 23.8 Å². The average molecular weight is 279 g/mol. The first-order valence-electron chi connectivity index (χ1n) is 6.13. The summed E-state index contributed by atoms with van der Waals surface area (Å²) in [5.41, 5.74) is 0.641. The Morgan fingerprint density at radius 3 is 2.58 bits per heavy atom. The molecule has 1 aliphatic heterocycles. The van der Waals surface area contributed by atoms with Crippen LogP contribution in [0, 0.1) is 5.41 Å². The van der Waals surface area contributed by atoms with Gasteiger partial charge in [0.05, 0.1) is 11.3 Å². The molecule has 0 saturated carbocycles. The molecule has 1 amide bonds. The first-order chi connectivity index (χ1) is 8.80. The van der Waals surface area contributed by atoms with Crippen molar-refractivity contribution in [2.45, 2.75) is 25.7 Å². The van der Waals surface area contributed by atoms with E-state index in [1.165, 1.54) is 0 Å². The van der Waals surface area contributed by atoms with Gasteiger partial charge in [0, 0.05) is 22.6 Å². The molecule has 0 fully saturated rings. The van der Waals surface area contributed by atoms with Crippen LogP contribution in [0.4, 0.5) is 5.69 Å². The van der Waals surface area contributed by atoms with E-state index in [0.29, 0.717) is 6.54 Å². The van der Waals surface area contributed by atoms with Crippen LogP contribution in [0.5, 0.6) is 0 Å². The summed E-state index contributed by atoms with van der Waals surface area (Å²) in [4.78, 5) is 26.0. The van der Waals surface area contributed by atoms with Crippen molar-refractivity contribution in [1.29, 1.82) is 0 Å². The molecule has 0 atom stereocenters. The van der Waals surface area contributed by atoms with E-state index in [-0.39, 0.29) is 11.5 Å². The summed E-state index contributed by atoms with van der Waals surface area (Å²) < 4.78 is 0. The van der Waals surface area contributed by atoms with Gasteiger partial charge in [-0.05, 0) is 18.2 Å². The van der Waals surface area contributed by atoms with Crippen molar-refractivity contribution in [2.24, 2.45) is 5.41 Å². The van der Waals surface area contributed by atoms with E-state index in [9.17, 15) is 9.59 Å². The summed E-state index contributed by atoms with van der Waals surface area (Å²) in [6.45, 7) is 6.34. The fourth-order valence-electron chi connectivity index (χ4n) is 1.97. The van der Waals surface area contributed by atoms with Gasteiger partial charge in [0.1, 0.15) is 0 Å². The molecule has 2 rings (SSSR count). The number of hydrogen-bond acceptors (Lipinski definition) is 3. The number of hydrogen-bond donors (Lipinski definition) is 1. The van der Waals surface area contributed by atoms with Gasteiger partial charge in [-0.25, -0.2) is 4.79 Å². The van der Waals surface area contributed by atoms with Crippen molar-refractivity contribution in [3.63, 3.8) is 0 Å². The normalized spacial score (nSPS) is 15.0. The van der Waals surface area contributed by atoms with Gasteiger partial charge in [-0.1, -0.05) is 20.8 Å². The monoisotopic (exact) mass is 279 g/mol. The van der Waals surface area contributed by atoms with Crippen LogP contribution in [0.1, 0.15) is 31.1 Å². The van der Waals surface area contributed by atoms with Crippen molar-refractivity contribution in [1.82, 2.24) is 0 Å². The summed E-state index contributed by atoms with van der Waals surface area (Å²) in [5, 5.41) is 9.00. The van der Waals surface area contributed by atoms with Gasteiger partial charge in [-0.15, -0.1) is 11.8 Å². The SMILES string of the molecule is CC(C)(C)C(=O)N1CCSc2cc(C(=O)O)ccc21. The molecule has 4 nitrogen and oxygen atoms in total. The number of carbonyl (C=O) groups excluding carboxylic acids is 1. The summed E-state index contributed by atoms with van der Waals surface area (Å²) in [5.74, 6) is -0.0856. The molecule has 102 valence electrons. The summed E-state index contributed by atoms with van der Waals surface area (Å²) in [6, 6.07) is 4.93. The largest absolute Gasteiger partial charge is 0.478 e. The maximum atomic E-state index is 12.4. The van der Waals surface area contributed by atoms with Crippen LogP contribution in [0.2, 0.25) is 0 Å². The Kier molecular flexibility index (Phi) is 3.58. The number of nitrogens with zero attached hydrogens (tertiary/aromatic N) is 1. The highest BCUT2D eigenvalue weighted by molar-refractivity contribution is 7.99. The molecule has 1 aliphatic rings. The first-order valence-corrected chi connectivity index (χ1v) is 7.11. The predicted octanol–water partition coefficient (Wildman–Crippen LogP) is 2.87. The van der Waals surface area contributed by atoms with E-state index < -0.39 is 11.4 Å². The lowest BCUT2D eigenvalue weighted by Gasteiger charge is -2.33. The summed E-state index contributed by atoms with van der Waals surface area (Å²) >= 11 is 1.59. The number of anilines is 1. The fraction of sp³-hybridized carbons (Fsp3) is 0.429. The smallest absolute Gasteiger partial charge is 0.335 e. The van der Waals surface area contributed by atoms with Gasteiger partial charge < -0.3 is 10.0 Å². The van der Waals surface area contributed by atoms with E-state index in [1.807, 2.05) is 20.8 Å². The highest BCUT2D eigenvalue weighted by Gasteiger charge is 2.31. The molecule has 1 N–H and O–H groups in total. The van der Waals surface area contributed by atoms with E-state index in [4.69, 9.17) is 5.11 Å². The number of carbonyl (C=O) groups is 2. The van der Waals surface area contributed by atoms with Gasteiger partial charge in [0.25, 0.3) is 0 Å². The molecular weight excluding hydrogens is 262 g/mol. The lowest BCUT2D eigenvalue weighted by molar-refractivity contribution is -0.125. The van der Waals surface area contributed by atoms with Crippen molar-refractivity contribution < 1.29 is 14.7 Å². The van der Waals surface area contributed by atoms with Crippen LogP contribution in [-0.2, 0) is 4.79 Å². The number of benzene rings is 1. The number of thioether (sulfide) groups is 1. The van der Waals surface area contributed by atoms with Crippen LogP contribution in [0.3, 0.4) is 0 Å². The number of rotatable bonds is 1. The minimum absolute atomic E-state index is 0.0668. The third kappa shape index (κ3) is 2.76. The van der Waals surface area contributed by atoms with Crippen LogP contribution in [-0.4, -0.2) is 29.3 Å². The van der Waals surface area contributed by atoms with Crippen molar-refractivity contribution in [2.75, 3.05) is 17.2 Å². The molecule has 0 spiro atoms. The van der Waals surface area contributed by atoms with E-state index in [1.54, 1.807) is 34.9 Å². The Hall–Kier alpha value is -1.49. The Labute approximate surface area is 116 Å². The quantitative estimate of drug-likeness (QED) is 0.858. The van der Waals surface area contributed by atoms with Crippen LogP contribution in [0.25, 0.3) is 0 Å². The zero-order valence-electron chi connectivity index (χ0n) is 11.3. The second-order valence-corrected chi connectivity index (χ2v) is 6.68. The Morgan fingerprint density at radius 1 is 1.32 bits per heavy atom. The van der Waals surface area contributed by atoms with Crippen LogP contribution >= 0.6 is 11.8 Å². The first kappa shape index (κ1) is 13.9. The molecule has 19 heavy (non-hydrogen) atoms. The minimum atomic E-state index is -0.942. The second kappa shape index (κ2) is 4.89. The molecule has 0 aromatic heterocycles. The van der Waals surface area contributed by atoms with Gasteiger partial charge in [0.2, 0.25) is 5.91 Å². The molecule has 0 saturated heterocycles. The van der Waals surface area contributed by atoms with E-state index in [2.05, 4.69) is 0 Å². The Bertz CT molecular complexity index is 534. The van der Waals surface area contributed by atoms with Crippen molar-refractivity contribution in [3.8, 4) is 0 Å². The lowest BCUT2D eigenvalue weighted by atomic mass is 9.94. The summed E-state index contributed by atoms with van der Waals surface area (Å²) in [7, 11) is 0. The molecule has 1 heterocycles. The number of carboxylic acids is 1. The zero-order valence-corrected chi connectivity index (χ0v) is 12.1. The molecule has 1 aromatic carbocycles. The van der Waals surface area contributed by atoms with Crippen LogP contribution < -0.4 is 4.90 Å². The molecular formula is C14H17NO3S. The zero-order chi connectivity index (χ0) is 14.2.